The van der Waals surface area contributed by atoms with Crippen molar-refractivity contribution >= 4 is 35.0 Å². The van der Waals surface area contributed by atoms with Gasteiger partial charge in [-0.05, 0) is 56.8 Å². The summed E-state index contributed by atoms with van der Waals surface area (Å²) in [5.74, 6) is 0.735. The highest BCUT2D eigenvalue weighted by Crippen LogP contribution is 2.43. The maximum Gasteiger partial charge on any atom is 0.221 e. The van der Waals surface area contributed by atoms with E-state index >= 15 is 0 Å². The number of methoxy groups -OCH3 is 1. The topological polar surface area (TPSA) is 108 Å². The second-order valence-corrected chi connectivity index (χ2v) is 13.9. The van der Waals surface area contributed by atoms with E-state index in [9.17, 15) is 9.59 Å². The predicted molar refractivity (Wildman–Crippen MR) is 192 cm³/mol. The van der Waals surface area contributed by atoms with Crippen LogP contribution >= 0.6 is 23.2 Å². The van der Waals surface area contributed by atoms with Crippen LogP contribution in [0.3, 0.4) is 0 Å². The largest absolute Gasteiger partial charge is 0.481 e. The maximum absolute atomic E-state index is 11.9. The molecule has 11 heteroatoms. The summed E-state index contributed by atoms with van der Waals surface area (Å²) in [4.78, 5) is 35.5. The number of nitrogens with one attached hydrogen (secondary N) is 3. The van der Waals surface area contributed by atoms with Crippen LogP contribution < -0.4 is 20.7 Å². The Bertz CT molecular complexity index is 1900. The molecule has 9 nitrogen and oxygen atoms in total. The minimum absolute atomic E-state index is 0.0425. The van der Waals surface area contributed by atoms with Gasteiger partial charge in [0.25, 0.3) is 0 Å². The van der Waals surface area contributed by atoms with Crippen molar-refractivity contribution < 1.29 is 14.3 Å². The van der Waals surface area contributed by atoms with Crippen molar-refractivity contribution in [3.63, 3.8) is 0 Å². The van der Waals surface area contributed by atoms with E-state index in [0.717, 1.165) is 71.2 Å². The first-order valence-electron chi connectivity index (χ1n) is 16.9. The molecule has 0 bridgehead atoms. The Morgan fingerprint density at radius 1 is 0.898 bits per heavy atom. The first kappa shape index (κ1) is 33.5. The number of hydrogen-bond acceptors (Lipinski definition) is 7. The van der Waals surface area contributed by atoms with Crippen LogP contribution in [-0.2, 0) is 22.6 Å². The molecular formula is C38H40Cl2N6O3. The second-order valence-electron chi connectivity index (χ2n) is 13.1. The highest BCUT2D eigenvalue weighted by atomic mass is 35.5. The molecule has 2 fully saturated rings. The molecule has 1 unspecified atom stereocenters. The Morgan fingerprint density at radius 2 is 1.61 bits per heavy atom. The number of aryl methyl sites for hydroxylation is 1. The van der Waals surface area contributed by atoms with Crippen LogP contribution in [0.4, 0.5) is 0 Å². The van der Waals surface area contributed by atoms with Crippen LogP contribution in [-0.4, -0.2) is 59.6 Å². The lowest BCUT2D eigenvalue weighted by Crippen LogP contribution is -2.43. The molecule has 3 atom stereocenters. The Hall–Kier alpha value is -4.02. The summed E-state index contributed by atoms with van der Waals surface area (Å²) in [7, 11) is 3.70. The van der Waals surface area contributed by atoms with E-state index in [1.165, 1.54) is 5.56 Å². The molecule has 7 rings (SSSR count). The summed E-state index contributed by atoms with van der Waals surface area (Å²) in [6, 6.07) is 18.3. The first-order chi connectivity index (χ1) is 23.8. The Balaban J connectivity index is 1.13. The zero-order valence-corrected chi connectivity index (χ0v) is 29.2. The number of hydrogen-bond donors (Lipinski definition) is 3. The molecule has 49 heavy (non-hydrogen) atoms. The van der Waals surface area contributed by atoms with Gasteiger partial charge < -0.3 is 20.7 Å². The molecule has 2 aliphatic heterocycles. The van der Waals surface area contributed by atoms with Crippen molar-refractivity contribution in [3.8, 4) is 39.4 Å². The third-order valence-corrected chi connectivity index (χ3v) is 10.8. The quantitative estimate of drug-likeness (QED) is 0.169. The van der Waals surface area contributed by atoms with Gasteiger partial charge in [-0.15, -0.1) is 0 Å². The lowest BCUT2D eigenvalue weighted by Gasteiger charge is -2.36. The molecule has 4 aromatic rings. The van der Waals surface area contributed by atoms with Gasteiger partial charge in [0.15, 0.2) is 0 Å². The van der Waals surface area contributed by atoms with E-state index in [1.54, 1.807) is 7.11 Å². The molecule has 2 aromatic heterocycles. The van der Waals surface area contributed by atoms with E-state index in [1.807, 2.05) is 54.7 Å². The van der Waals surface area contributed by atoms with E-state index in [0.29, 0.717) is 47.6 Å². The maximum atomic E-state index is 11.9. The summed E-state index contributed by atoms with van der Waals surface area (Å²) in [6.45, 7) is 1.25. The molecule has 3 aliphatic rings. The van der Waals surface area contributed by atoms with Crippen LogP contribution in [0, 0.1) is 0 Å². The molecule has 3 N–H and O–H groups in total. The number of fused-ring (bicyclic) bond motifs is 1. The van der Waals surface area contributed by atoms with Crippen molar-refractivity contribution in [3.05, 3.63) is 87.7 Å². The molecule has 0 radical (unpaired) electrons. The third kappa shape index (κ3) is 6.90. The van der Waals surface area contributed by atoms with Gasteiger partial charge in [0.2, 0.25) is 17.7 Å². The molecule has 2 saturated heterocycles. The zero-order chi connectivity index (χ0) is 34.1. The summed E-state index contributed by atoms with van der Waals surface area (Å²) in [5, 5.41) is 10.6. The minimum atomic E-state index is 0.0425. The number of carbonyl (C=O) groups is 2. The predicted octanol–water partition coefficient (Wildman–Crippen LogP) is 6.71. The lowest BCUT2D eigenvalue weighted by molar-refractivity contribution is -0.120. The third-order valence-electron chi connectivity index (χ3n) is 9.99. The number of halogens is 2. The summed E-state index contributed by atoms with van der Waals surface area (Å²) in [5.41, 5.74) is 8.16. The average Bonchev–Trinajstić information content (AvgIpc) is 3.75. The van der Waals surface area contributed by atoms with Crippen molar-refractivity contribution in [2.75, 3.05) is 20.7 Å². The molecule has 254 valence electrons. The van der Waals surface area contributed by atoms with E-state index in [4.69, 9.17) is 37.9 Å². The first-order valence-corrected chi connectivity index (χ1v) is 17.7. The number of pyridine rings is 2. The lowest BCUT2D eigenvalue weighted by atomic mass is 9.88. The smallest absolute Gasteiger partial charge is 0.221 e. The van der Waals surface area contributed by atoms with Crippen LogP contribution in [0.25, 0.3) is 33.5 Å². The van der Waals surface area contributed by atoms with Gasteiger partial charge in [-0.25, -0.2) is 4.98 Å². The highest BCUT2D eigenvalue weighted by Gasteiger charge is 2.33. The van der Waals surface area contributed by atoms with Gasteiger partial charge >= 0.3 is 0 Å². The van der Waals surface area contributed by atoms with Gasteiger partial charge in [-0.3, -0.25) is 19.5 Å². The fraction of sp³-hybridized carbons (Fsp3) is 0.368. The number of nitrogens with zero attached hydrogens (tertiary/aromatic N) is 3. The van der Waals surface area contributed by atoms with Crippen molar-refractivity contribution in [1.82, 2.24) is 30.8 Å². The molecule has 0 saturated carbocycles. The van der Waals surface area contributed by atoms with E-state index < -0.39 is 0 Å². The number of carbonyl (C=O) groups excluding carboxylic acids is 2. The molecular weight excluding hydrogens is 659 g/mol. The number of benzene rings is 2. The van der Waals surface area contributed by atoms with Gasteiger partial charge in [0.1, 0.15) is 0 Å². The van der Waals surface area contributed by atoms with Gasteiger partial charge in [-0.2, -0.15) is 0 Å². The molecule has 1 aliphatic carbocycles. The number of aromatic nitrogens is 2. The van der Waals surface area contributed by atoms with Crippen molar-refractivity contribution in [2.45, 2.75) is 69.7 Å². The summed E-state index contributed by atoms with van der Waals surface area (Å²) in [6.07, 6.45) is 7.78. The number of rotatable bonds is 10. The fourth-order valence-electron chi connectivity index (χ4n) is 7.35. The Labute approximate surface area is 296 Å². The average molecular weight is 700 g/mol. The van der Waals surface area contributed by atoms with Crippen LogP contribution in [0.5, 0.6) is 5.88 Å². The molecule has 0 spiro atoms. The zero-order valence-electron chi connectivity index (χ0n) is 27.7. The van der Waals surface area contributed by atoms with E-state index in [2.05, 4.69) is 34.0 Å². The van der Waals surface area contributed by atoms with Crippen molar-refractivity contribution in [2.24, 2.45) is 0 Å². The monoisotopic (exact) mass is 698 g/mol. The SMILES string of the molecule is COc1nc(-c2cccc(-c3cccc(-c4cnc5c(c4)CCCC5N(C)[C@H]4CCC(=O)N4)c3Cl)c2Cl)ccc1CNC[C@@H]1CCC(=O)N1. The Morgan fingerprint density at radius 3 is 2.33 bits per heavy atom. The summed E-state index contributed by atoms with van der Waals surface area (Å²) >= 11 is 14.3. The standard InChI is InChI=1S/C38H40Cl2N6O3/c1-46(32-15-17-34(48)45-32)31-11-3-6-22-18-24(20-42-37(22)31)26-7-4-8-27(35(26)39)28-9-5-10-29(36(28)40)30-14-12-23(38(44-30)49-2)19-41-21-25-13-16-33(47)43-25/h4-5,7-10,12,14,18,20,25,31-32,41H,3,6,11,13,15-17,19,21H2,1-2H3,(H,43,47)(H,45,48)/t25-,31?,32-/m0/s1. The van der Waals surface area contributed by atoms with Crippen LogP contribution in [0.15, 0.2) is 60.8 Å². The van der Waals surface area contributed by atoms with Crippen molar-refractivity contribution in [1.29, 1.82) is 0 Å². The fourth-order valence-corrected chi connectivity index (χ4v) is 8.01. The van der Waals surface area contributed by atoms with Gasteiger partial charge in [-0.1, -0.05) is 65.7 Å². The number of ether oxygens (including phenoxy) is 1. The number of amides is 2. The second kappa shape index (κ2) is 14.5. The summed E-state index contributed by atoms with van der Waals surface area (Å²) < 4.78 is 5.66. The Kier molecular flexibility index (Phi) is 9.87. The molecule has 2 aromatic carbocycles. The normalized spacial score (nSPS) is 20.3. The minimum Gasteiger partial charge on any atom is -0.481 e. The van der Waals surface area contributed by atoms with Crippen LogP contribution in [0.2, 0.25) is 10.0 Å². The van der Waals surface area contributed by atoms with Gasteiger partial charge in [0.05, 0.1) is 40.8 Å². The van der Waals surface area contributed by atoms with Gasteiger partial charge in [0, 0.05) is 71.6 Å². The molecule has 4 heterocycles. The van der Waals surface area contributed by atoms with E-state index in [-0.39, 0.29) is 30.1 Å². The molecule has 2 amide bonds. The highest BCUT2D eigenvalue weighted by molar-refractivity contribution is 6.39. The van der Waals surface area contributed by atoms with Crippen LogP contribution in [0.1, 0.15) is 61.4 Å².